The zero-order valence-corrected chi connectivity index (χ0v) is 7.66. The van der Waals surface area contributed by atoms with Crippen molar-refractivity contribution in [2.45, 2.75) is 26.3 Å². The van der Waals surface area contributed by atoms with Crippen LogP contribution in [0.2, 0.25) is 0 Å². The van der Waals surface area contributed by atoms with Gasteiger partial charge in [-0.05, 0) is 26.3 Å². The quantitative estimate of drug-likeness (QED) is 0.591. The molecule has 3 heteroatoms. The number of nitrogens with two attached hydrogens (primary N) is 1. The Morgan fingerprint density at radius 3 is 2.67 bits per heavy atom. The van der Waals surface area contributed by atoms with Crippen LogP contribution in [0.5, 0.6) is 0 Å². The van der Waals surface area contributed by atoms with Crippen LogP contribution >= 0.6 is 0 Å². The van der Waals surface area contributed by atoms with Crippen molar-refractivity contribution in [3.63, 3.8) is 0 Å². The van der Waals surface area contributed by atoms with Gasteiger partial charge in [0.15, 0.2) is 5.78 Å². The van der Waals surface area contributed by atoms with Crippen molar-refractivity contribution < 1.29 is 4.79 Å². The van der Waals surface area contributed by atoms with Gasteiger partial charge in [-0.15, -0.1) is 0 Å². The average molecular weight is 166 g/mol. The van der Waals surface area contributed by atoms with Crippen molar-refractivity contribution in [3.05, 3.63) is 23.9 Å². The zero-order valence-electron chi connectivity index (χ0n) is 7.66. The molecule has 0 aromatic carbocycles. The summed E-state index contributed by atoms with van der Waals surface area (Å²) in [5.41, 5.74) is 0.385. The topological polar surface area (TPSA) is 46.3 Å². The highest BCUT2D eigenvalue weighted by Gasteiger charge is 2.32. The molecule has 2 N–H and O–H groups in total. The molecular weight excluding hydrogens is 152 g/mol. The summed E-state index contributed by atoms with van der Waals surface area (Å²) in [7, 11) is 0. The fourth-order valence-corrected chi connectivity index (χ4v) is 1.08. The van der Waals surface area contributed by atoms with Gasteiger partial charge in [0.1, 0.15) is 5.54 Å². The number of hydrogen-bond donors (Lipinski definition) is 1. The van der Waals surface area contributed by atoms with E-state index in [1.807, 2.05) is 19.1 Å². The van der Waals surface area contributed by atoms with Crippen LogP contribution in [0.25, 0.3) is 0 Å². The van der Waals surface area contributed by atoms with E-state index in [1.165, 1.54) is 5.01 Å². The Labute approximate surface area is 72.5 Å². The van der Waals surface area contributed by atoms with E-state index in [9.17, 15) is 4.79 Å². The minimum atomic E-state index is -0.667. The fourth-order valence-electron chi connectivity index (χ4n) is 1.08. The summed E-state index contributed by atoms with van der Waals surface area (Å²) in [5.74, 6) is 5.74. The average Bonchev–Trinajstić information content (AvgIpc) is 1.97. The van der Waals surface area contributed by atoms with Gasteiger partial charge >= 0.3 is 0 Å². The lowest BCUT2D eigenvalue weighted by Gasteiger charge is -2.35. The Balaban J connectivity index is 2.99. The molecule has 12 heavy (non-hydrogen) atoms. The van der Waals surface area contributed by atoms with E-state index >= 15 is 0 Å². The van der Waals surface area contributed by atoms with Gasteiger partial charge in [-0.25, -0.2) is 5.84 Å². The lowest BCUT2D eigenvalue weighted by molar-refractivity contribution is -0.124. The highest BCUT2D eigenvalue weighted by molar-refractivity contribution is 5.88. The van der Waals surface area contributed by atoms with Gasteiger partial charge in [0.05, 0.1) is 0 Å². The number of ketones is 1. The molecule has 1 atom stereocenters. The van der Waals surface area contributed by atoms with E-state index in [2.05, 4.69) is 0 Å². The smallest absolute Gasteiger partial charge is 0.160 e. The molecule has 1 rings (SSSR count). The summed E-state index contributed by atoms with van der Waals surface area (Å²) < 4.78 is 0. The molecule has 0 saturated carbocycles. The minimum absolute atomic E-state index is 0.0463. The van der Waals surface area contributed by atoms with Crippen LogP contribution in [0.4, 0.5) is 0 Å². The highest BCUT2D eigenvalue weighted by atomic mass is 16.1. The number of hydrazine groups is 1. The molecule has 0 radical (unpaired) electrons. The number of nitrogens with zero attached hydrogens (tertiary/aromatic N) is 1. The molecular formula is C9H14N2O. The van der Waals surface area contributed by atoms with Crippen molar-refractivity contribution in [1.29, 1.82) is 0 Å². The van der Waals surface area contributed by atoms with E-state index < -0.39 is 5.54 Å². The summed E-state index contributed by atoms with van der Waals surface area (Å²) in [6.45, 7) is 5.28. The SMILES string of the molecule is CC(=O)C1(C)C=CC(C)=CN1N. The Morgan fingerprint density at radius 2 is 2.25 bits per heavy atom. The van der Waals surface area contributed by atoms with Crippen molar-refractivity contribution in [1.82, 2.24) is 5.01 Å². The number of allylic oxidation sites excluding steroid dienone is 2. The van der Waals surface area contributed by atoms with Crippen LogP contribution in [0.3, 0.4) is 0 Å². The lowest BCUT2D eigenvalue weighted by Crippen LogP contribution is -2.52. The van der Waals surface area contributed by atoms with Crippen LogP contribution in [0, 0.1) is 0 Å². The first-order valence-electron chi connectivity index (χ1n) is 3.89. The third-order valence-corrected chi connectivity index (χ3v) is 2.26. The van der Waals surface area contributed by atoms with Gasteiger partial charge in [0.2, 0.25) is 0 Å². The molecule has 0 aromatic rings. The Morgan fingerprint density at radius 1 is 1.67 bits per heavy atom. The first-order chi connectivity index (χ1) is 5.47. The molecule has 0 saturated heterocycles. The third-order valence-electron chi connectivity index (χ3n) is 2.26. The van der Waals surface area contributed by atoms with Gasteiger partial charge in [0.25, 0.3) is 0 Å². The lowest BCUT2D eigenvalue weighted by atomic mass is 9.93. The van der Waals surface area contributed by atoms with Crippen LogP contribution in [0.15, 0.2) is 23.9 Å². The summed E-state index contributed by atoms with van der Waals surface area (Å²) in [4.78, 5) is 11.2. The van der Waals surface area contributed by atoms with Gasteiger partial charge in [-0.3, -0.25) is 4.79 Å². The molecule has 0 spiro atoms. The first kappa shape index (κ1) is 9.00. The van der Waals surface area contributed by atoms with E-state index in [1.54, 1.807) is 20.0 Å². The molecule has 1 unspecified atom stereocenters. The van der Waals surface area contributed by atoms with Crippen LogP contribution in [0.1, 0.15) is 20.8 Å². The second-order valence-electron chi connectivity index (χ2n) is 3.32. The number of rotatable bonds is 1. The molecule has 0 fully saturated rings. The Hall–Kier alpha value is -1.09. The van der Waals surface area contributed by atoms with Gasteiger partial charge in [-0.2, -0.15) is 0 Å². The monoisotopic (exact) mass is 166 g/mol. The molecule has 1 aliphatic rings. The number of Topliss-reactive ketones (excluding diaryl/α,β-unsaturated/α-hetero) is 1. The second kappa shape index (κ2) is 2.75. The van der Waals surface area contributed by atoms with Crippen molar-refractivity contribution >= 4 is 5.78 Å². The van der Waals surface area contributed by atoms with E-state index in [4.69, 9.17) is 5.84 Å². The molecule has 0 aromatic heterocycles. The second-order valence-corrected chi connectivity index (χ2v) is 3.32. The normalized spacial score (nSPS) is 28.7. The molecule has 0 aliphatic carbocycles. The molecule has 3 nitrogen and oxygen atoms in total. The number of carbonyl (C=O) groups is 1. The summed E-state index contributed by atoms with van der Waals surface area (Å²) in [6.07, 6.45) is 5.50. The highest BCUT2D eigenvalue weighted by Crippen LogP contribution is 2.21. The van der Waals surface area contributed by atoms with Crippen molar-refractivity contribution in [3.8, 4) is 0 Å². The van der Waals surface area contributed by atoms with Gasteiger partial charge in [0, 0.05) is 6.20 Å². The molecule has 0 bridgehead atoms. The van der Waals surface area contributed by atoms with Gasteiger partial charge in [-0.1, -0.05) is 12.2 Å². The third kappa shape index (κ3) is 1.28. The predicted octanol–water partition coefficient (Wildman–Crippen LogP) is 0.983. The summed E-state index contributed by atoms with van der Waals surface area (Å²) in [6, 6.07) is 0. The number of hydrogen-bond acceptors (Lipinski definition) is 3. The van der Waals surface area contributed by atoms with Crippen LogP contribution < -0.4 is 5.84 Å². The summed E-state index contributed by atoms with van der Waals surface area (Å²) >= 11 is 0. The van der Waals surface area contributed by atoms with E-state index in [-0.39, 0.29) is 5.78 Å². The van der Waals surface area contributed by atoms with Crippen molar-refractivity contribution in [2.24, 2.45) is 5.84 Å². The van der Waals surface area contributed by atoms with Crippen LogP contribution in [-0.4, -0.2) is 16.3 Å². The Kier molecular flexibility index (Phi) is 2.06. The molecule has 0 amide bonds. The predicted molar refractivity (Wildman–Crippen MR) is 48.0 cm³/mol. The fraction of sp³-hybridized carbons (Fsp3) is 0.444. The van der Waals surface area contributed by atoms with Crippen LogP contribution in [-0.2, 0) is 4.79 Å². The van der Waals surface area contributed by atoms with E-state index in [0.29, 0.717) is 0 Å². The first-order valence-corrected chi connectivity index (χ1v) is 3.89. The van der Waals surface area contributed by atoms with Crippen molar-refractivity contribution in [2.75, 3.05) is 0 Å². The Bertz CT molecular complexity index is 268. The molecule has 1 heterocycles. The van der Waals surface area contributed by atoms with Gasteiger partial charge < -0.3 is 5.01 Å². The largest absolute Gasteiger partial charge is 0.301 e. The molecule has 66 valence electrons. The zero-order chi connectivity index (χ0) is 9.35. The maximum Gasteiger partial charge on any atom is 0.160 e. The van der Waals surface area contributed by atoms with E-state index in [0.717, 1.165) is 5.57 Å². The standard InChI is InChI=1S/C9H14N2O/c1-7-4-5-9(3,8(2)12)11(10)6-7/h4-6H,10H2,1-3H3. The maximum absolute atomic E-state index is 11.2. The number of carbonyl (C=O) groups excluding carboxylic acids is 1. The molecule has 1 aliphatic heterocycles. The summed E-state index contributed by atoms with van der Waals surface area (Å²) in [5, 5.41) is 1.45. The maximum atomic E-state index is 11.2. The minimum Gasteiger partial charge on any atom is -0.301 e.